The van der Waals surface area contributed by atoms with Crippen LogP contribution in [0.2, 0.25) is 0 Å². The Morgan fingerprint density at radius 2 is 2.15 bits per heavy atom. The molecule has 0 spiro atoms. The average molecular weight is 294 g/mol. The Labute approximate surface area is 125 Å². The Hall–Kier alpha value is -1.62. The molecule has 1 atom stereocenters. The summed E-state index contributed by atoms with van der Waals surface area (Å²) < 4.78 is 5.18. The van der Waals surface area contributed by atoms with E-state index in [9.17, 15) is 4.79 Å². The molecule has 0 aromatic heterocycles. The van der Waals surface area contributed by atoms with Gasteiger partial charge in [0.2, 0.25) is 5.91 Å². The van der Waals surface area contributed by atoms with Crippen LogP contribution in [0.25, 0.3) is 0 Å². The molecule has 0 fully saturated rings. The van der Waals surface area contributed by atoms with Crippen LogP contribution in [0.3, 0.4) is 0 Å². The first kappa shape index (κ1) is 16.4. The van der Waals surface area contributed by atoms with Gasteiger partial charge in [-0.25, -0.2) is 0 Å². The first-order valence-corrected chi connectivity index (χ1v) is 6.94. The van der Waals surface area contributed by atoms with E-state index in [1.54, 1.807) is 26.0 Å². The first-order chi connectivity index (χ1) is 9.35. The van der Waals surface area contributed by atoms with Gasteiger partial charge in [-0.3, -0.25) is 4.79 Å². The molecule has 1 aromatic carbocycles. The molecule has 20 heavy (non-hydrogen) atoms. The van der Waals surface area contributed by atoms with E-state index < -0.39 is 5.41 Å². The fourth-order valence-electron chi connectivity index (χ4n) is 1.97. The van der Waals surface area contributed by atoms with E-state index in [4.69, 9.17) is 22.7 Å². The molecule has 1 aromatic rings. The van der Waals surface area contributed by atoms with Crippen LogP contribution in [0, 0.1) is 5.41 Å². The molecular weight excluding hydrogens is 272 g/mol. The van der Waals surface area contributed by atoms with Crippen molar-refractivity contribution >= 4 is 23.1 Å². The van der Waals surface area contributed by atoms with Gasteiger partial charge in [-0.15, -0.1) is 0 Å². The van der Waals surface area contributed by atoms with Crippen LogP contribution in [0.4, 0.5) is 0 Å². The fraction of sp³-hybridized carbons (Fsp3) is 0.467. The minimum absolute atomic E-state index is 0.0599. The van der Waals surface area contributed by atoms with Crippen LogP contribution in [0.1, 0.15) is 25.8 Å². The van der Waals surface area contributed by atoms with Gasteiger partial charge < -0.3 is 15.4 Å². The molecule has 2 N–H and O–H groups in total. The zero-order valence-corrected chi connectivity index (χ0v) is 13.3. The predicted molar refractivity (Wildman–Crippen MR) is 84.7 cm³/mol. The lowest BCUT2D eigenvalue weighted by atomic mass is 9.86. The van der Waals surface area contributed by atoms with Crippen LogP contribution < -0.4 is 10.5 Å². The van der Waals surface area contributed by atoms with Gasteiger partial charge in [0.05, 0.1) is 17.5 Å². The van der Waals surface area contributed by atoms with E-state index in [-0.39, 0.29) is 10.9 Å². The normalized spacial score (nSPS) is 13.4. The number of thiocarbonyl (C=S) groups is 1. The molecule has 0 heterocycles. The number of amides is 1. The lowest BCUT2D eigenvalue weighted by molar-refractivity contribution is -0.136. The summed E-state index contributed by atoms with van der Waals surface area (Å²) in [6.07, 6.45) is 0.587. The summed E-state index contributed by atoms with van der Waals surface area (Å²) >= 11 is 5.04. The molecule has 1 amide bonds. The van der Waals surface area contributed by atoms with E-state index in [0.717, 1.165) is 11.3 Å². The zero-order chi connectivity index (χ0) is 15.3. The van der Waals surface area contributed by atoms with Crippen LogP contribution in [0.5, 0.6) is 5.75 Å². The van der Waals surface area contributed by atoms with Crippen LogP contribution >= 0.6 is 12.2 Å². The fourth-order valence-corrected chi connectivity index (χ4v) is 2.20. The van der Waals surface area contributed by atoms with E-state index in [0.29, 0.717) is 13.0 Å². The van der Waals surface area contributed by atoms with E-state index in [1.165, 1.54) is 0 Å². The highest BCUT2D eigenvalue weighted by Crippen LogP contribution is 2.25. The Morgan fingerprint density at radius 1 is 1.50 bits per heavy atom. The highest BCUT2D eigenvalue weighted by atomic mass is 32.1. The molecule has 0 saturated heterocycles. The summed E-state index contributed by atoms with van der Waals surface area (Å²) in [5, 5.41) is 0. The summed E-state index contributed by atoms with van der Waals surface area (Å²) in [5.74, 6) is 0.714. The summed E-state index contributed by atoms with van der Waals surface area (Å²) in [6, 6.07) is 7.64. The van der Waals surface area contributed by atoms with E-state index >= 15 is 0 Å². The number of hydrogen-bond acceptors (Lipinski definition) is 3. The van der Waals surface area contributed by atoms with Crippen LogP contribution in [0.15, 0.2) is 24.3 Å². The van der Waals surface area contributed by atoms with Gasteiger partial charge in [-0.1, -0.05) is 31.3 Å². The predicted octanol–water partition coefficient (Wildman–Crippen LogP) is 2.36. The molecule has 0 bridgehead atoms. The van der Waals surface area contributed by atoms with Crippen molar-refractivity contribution in [2.24, 2.45) is 11.1 Å². The summed E-state index contributed by atoms with van der Waals surface area (Å²) in [6.45, 7) is 4.20. The van der Waals surface area contributed by atoms with Gasteiger partial charge in [-0.2, -0.15) is 0 Å². The molecule has 0 saturated carbocycles. The van der Waals surface area contributed by atoms with Crippen molar-refractivity contribution in [3.63, 3.8) is 0 Å². The second-order valence-electron chi connectivity index (χ2n) is 5.06. The minimum atomic E-state index is -0.789. The molecular formula is C15H22N2O2S. The second kappa shape index (κ2) is 6.70. The van der Waals surface area contributed by atoms with Crippen LogP contribution in [-0.4, -0.2) is 30.0 Å². The summed E-state index contributed by atoms with van der Waals surface area (Å²) in [4.78, 5) is 14.4. The number of carbonyl (C=O) groups excluding carboxylic acids is 1. The number of rotatable bonds is 6. The first-order valence-electron chi connectivity index (χ1n) is 6.53. The topological polar surface area (TPSA) is 55.6 Å². The van der Waals surface area contributed by atoms with Crippen molar-refractivity contribution in [3.05, 3.63) is 29.8 Å². The minimum Gasteiger partial charge on any atom is -0.497 e. The molecule has 0 aliphatic carbocycles. The van der Waals surface area contributed by atoms with Gasteiger partial charge in [0, 0.05) is 13.6 Å². The molecule has 5 heteroatoms. The van der Waals surface area contributed by atoms with Crippen molar-refractivity contribution < 1.29 is 9.53 Å². The van der Waals surface area contributed by atoms with E-state index in [1.807, 2.05) is 31.2 Å². The maximum Gasteiger partial charge on any atom is 0.235 e. The third kappa shape index (κ3) is 3.48. The Morgan fingerprint density at radius 3 is 2.65 bits per heavy atom. The Balaban J connectivity index is 2.87. The van der Waals surface area contributed by atoms with Gasteiger partial charge in [0.15, 0.2) is 0 Å². The summed E-state index contributed by atoms with van der Waals surface area (Å²) in [5.41, 5.74) is 5.94. The van der Waals surface area contributed by atoms with Gasteiger partial charge >= 0.3 is 0 Å². The smallest absolute Gasteiger partial charge is 0.235 e. The van der Waals surface area contributed by atoms with Crippen molar-refractivity contribution in [2.45, 2.75) is 26.8 Å². The number of methoxy groups -OCH3 is 1. The molecule has 4 nitrogen and oxygen atoms in total. The maximum absolute atomic E-state index is 12.5. The highest BCUT2D eigenvalue weighted by molar-refractivity contribution is 7.80. The third-order valence-electron chi connectivity index (χ3n) is 3.62. The van der Waals surface area contributed by atoms with Gasteiger partial charge in [-0.05, 0) is 31.0 Å². The molecule has 0 aliphatic heterocycles. The average Bonchev–Trinajstić information content (AvgIpc) is 2.45. The van der Waals surface area contributed by atoms with Gasteiger partial charge in [0.1, 0.15) is 5.75 Å². The highest BCUT2D eigenvalue weighted by Gasteiger charge is 2.36. The largest absolute Gasteiger partial charge is 0.497 e. The zero-order valence-electron chi connectivity index (χ0n) is 12.5. The molecule has 0 aliphatic rings. The van der Waals surface area contributed by atoms with E-state index in [2.05, 4.69) is 0 Å². The number of nitrogens with two attached hydrogens (primary N) is 1. The monoisotopic (exact) mass is 294 g/mol. The number of ether oxygens (including phenoxy) is 1. The quantitative estimate of drug-likeness (QED) is 0.818. The van der Waals surface area contributed by atoms with Crippen molar-refractivity contribution in [1.29, 1.82) is 0 Å². The van der Waals surface area contributed by atoms with Crippen molar-refractivity contribution in [2.75, 3.05) is 14.2 Å². The maximum atomic E-state index is 12.5. The second-order valence-corrected chi connectivity index (χ2v) is 5.50. The summed E-state index contributed by atoms with van der Waals surface area (Å²) in [7, 11) is 3.38. The molecule has 1 unspecified atom stereocenters. The SMILES string of the molecule is CCC(C)(C(=O)N(C)Cc1cccc(OC)c1)C(N)=S. The lowest BCUT2D eigenvalue weighted by Crippen LogP contribution is -2.47. The Bertz CT molecular complexity index is 504. The molecule has 1 rings (SSSR count). The molecule has 0 radical (unpaired) electrons. The number of hydrogen-bond donors (Lipinski definition) is 1. The molecule has 110 valence electrons. The Kier molecular flexibility index (Phi) is 5.51. The third-order valence-corrected chi connectivity index (χ3v) is 4.07. The van der Waals surface area contributed by atoms with Crippen molar-refractivity contribution in [3.8, 4) is 5.75 Å². The van der Waals surface area contributed by atoms with Crippen LogP contribution in [-0.2, 0) is 11.3 Å². The lowest BCUT2D eigenvalue weighted by Gasteiger charge is -2.31. The van der Waals surface area contributed by atoms with Gasteiger partial charge in [0.25, 0.3) is 0 Å². The number of nitrogens with zero attached hydrogens (tertiary/aromatic N) is 1. The number of carbonyl (C=O) groups is 1. The standard InChI is InChI=1S/C15H22N2O2S/c1-5-15(2,13(16)20)14(18)17(3)10-11-7-6-8-12(9-11)19-4/h6-9H,5,10H2,1-4H3,(H2,16,20). The van der Waals surface area contributed by atoms with Crippen molar-refractivity contribution in [1.82, 2.24) is 4.90 Å². The number of benzene rings is 1.